The van der Waals surface area contributed by atoms with Gasteiger partial charge in [0.15, 0.2) is 9.84 Å². The molecule has 0 saturated heterocycles. The van der Waals surface area contributed by atoms with Gasteiger partial charge in [-0.1, -0.05) is 24.3 Å². The van der Waals surface area contributed by atoms with Crippen LogP contribution in [0.2, 0.25) is 0 Å². The summed E-state index contributed by atoms with van der Waals surface area (Å²) in [5.74, 6) is -0.905. The van der Waals surface area contributed by atoms with Crippen LogP contribution in [0.15, 0.2) is 53.4 Å². The van der Waals surface area contributed by atoms with Crippen molar-refractivity contribution in [1.29, 1.82) is 0 Å². The number of sulfone groups is 1. The number of rotatable bonds is 4. The van der Waals surface area contributed by atoms with E-state index in [0.29, 0.717) is 0 Å². The summed E-state index contributed by atoms with van der Waals surface area (Å²) < 4.78 is 66.4. The average molecular weight is 358 g/mol. The molecule has 0 aromatic heterocycles. The van der Waals surface area contributed by atoms with E-state index in [-0.39, 0.29) is 16.0 Å². The zero-order valence-corrected chi connectivity index (χ0v) is 13.3. The van der Waals surface area contributed by atoms with Crippen molar-refractivity contribution in [3.8, 4) is 0 Å². The Labute approximate surface area is 136 Å². The summed E-state index contributed by atoms with van der Waals surface area (Å²) in [6.45, 7) is -0.572. The monoisotopic (exact) mass is 358 g/mol. The first kappa shape index (κ1) is 18.0. The number of ether oxygens (including phenoxy) is 1. The van der Waals surface area contributed by atoms with Crippen LogP contribution in [0.3, 0.4) is 0 Å². The van der Waals surface area contributed by atoms with E-state index in [1.54, 1.807) is 0 Å². The van der Waals surface area contributed by atoms with E-state index in [1.165, 1.54) is 36.4 Å². The second-order valence-corrected chi connectivity index (χ2v) is 7.05. The van der Waals surface area contributed by atoms with Gasteiger partial charge in [-0.3, -0.25) is 0 Å². The molecule has 0 aliphatic rings. The minimum Gasteiger partial charge on any atom is -0.457 e. The predicted molar refractivity (Wildman–Crippen MR) is 80.1 cm³/mol. The number of esters is 1. The molecule has 128 valence electrons. The SMILES string of the molecule is CS(=O)(=O)c1cccc(C(=O)OCc2ccccc2C(F)(F)F)c1. The Hall–Kier alpha value is -2.35. The molecule has 0 saturated carbocycles. The van der Waals surface area contributed by atoms with Gasteiger partial charge >= 0.3 is 12.1 Å². The lowest BCUT2D eigenvalue weighted by atomic mass is 10.1. The van der Waals surface area contributed by atoms with Gasteiger partial charge in [-0.2, -0.15) is 13.2 Å². The quantitative estimate of drug-likeness (QED) is 0.786. The van der Waals surface area contributed by atoms with Crippen LogP contribution in [0.4, 0.5) is 13.2 Å². The van der Waals surface area contributed by atoms with Crippen molar-refractivity contribution in [3.05, 3.63) is 65.2 Å². The van der Waals surface area contributed by atoms with Gasteiger partial charge in [0.2, 0.25) is 0 Å². The maximum atomic E-state index is 12.9. The summed E-state index contributed by atoms with van der Waals surface area (Å²) in [7, 11) is -3.51. The summed E-state index contributed by atoms with van der Waals surface area (Å²) in [5, 5.41) is 0. The van der Waals surface area contributed by atoms with Gasteiger partial charge in [-0.25, -0.2) is 13.2 Å². The fourth-order valence-electron chi connectivity index (χ4n) is 2.00. The highest BCUT2D eigenvalue weighted by Gasteiger charge is 2.33. The molecule has 0 heterocycles. The van der Waals surface area contributed by atoms with Gasteiger partial charge in [0, 0.05) is 11.8 Å². The van der Waals surface area contributed by atoms with Crippen LogP contribution in [0.1, 0.15) is 21.5 Å². The number of alkyl halides is 3. The molecule has 0 N–H and O–H groups in total. The lowest BCUT2D eigenvalue weighted by Gasteiger charge is -2.13. The largest absolute Gasteiger partial charge is 0.457 e. The van der Waals surface area contributed by atoms with E-state index in [0.717, 1.165) is 18.4 Å². The first-order valence-electron chi connectivity index (χ1n) is 6.71. The molecule has 8 heteroatoms. The second-order valence-electron chi connectivity index (χ2n) is 5.03. The fraction of sp³-hybridized carbons (Fsp3) is 0.188. The summed E-state index contributed by atoms with van der Waals surface area (Å²) in [6, 6.07) is 9.87. The number of carbonyl (C=O) groups excluding carboxylic acids is 1. The molecule has 2 aromatic rings. The number of halogens is 3. The van der Waals surface area contributed by atoms with Gasteiger partial charge in [-0.15, -0.1) is 0 Å². The molecule has 0 spiro atoms. The molecule has 0 aliphatic heterocycles. The van der Waals surface area contributed by atoms with Crippen LogP contribution in [0.5, 0.6) is 0 Å². The topological polar surface area (TPSA) is 60.4 Å². The van der Waals surface area contributed by atoms with Crippen molar-refractivity contribution in [2.75, 3.05) is 6.26 Å². The summed E-state index contributed by atoms with van der Waals surface area (Å²) in [5.41, 5.74) is -1.12. The zero-order chi connectivity index (χ0) is 18.0. The fourth-order valence-corrected chi connectivity index (χ4v) is 2.67. The van der Waals surface area contributed by atoms with Crippen molar-refractivity contribution in [2.24, 2.45) is 0 Å². The first-order valence-corrected chi connectivity index (χ1v) is 8.60. The second kappa shape index (κ2) is 6.64. The maximum absolute atomic E-state index is 12.9. The molecule has 0 bridgehead atoms. The molecule has 0 aliphatic carbocycles. The van der Waals surface area contributed by atoms with Crippen molar-refractivity contribution in [2.45, 2.75) is 17.7 Å². The Morgan fingerprint density at radius 3 is 2.38 bits per heavy atom. The Morgan fingerprint density at radius 1 is 1.08 bits per heavy atom. The Bertz CT molecular complexity index is 858. The van der Waals surface area contributed by atoms with Gasteiger partial charge < -0.3 is 4.74 Å². The number of benzene rings is 2. The molecule has 24 heavy (non-hydrogen) atoms. The van der Waals surface area contributed by atoms with E-state index >= 15 is 0 Å². The molecule has 0 radical (unpaired) electrons. The molecule has 2 aromatic carbocycles. The number of hydrogen-bond acceptors (Lipinski definition) is 4. The number of hydrogen-bond donors (Lipinski definition) is 0. The van der Waals surface area contributed by atoms with Gasteiger partial charge in [0.05, 0.1) is 16.0 Å². The van der Waals surface area contributed by atoms with Crippen molar-refractivity contribution >= 4 is 15.8 Å². The van der Waals surface area contributed by atoms with E-state index in [4.69, 9.17) is 4.74 Å². The molecule has 0 fully saturated rings. The molecule has 4 nitrogen and oxygen atoms in total. The molecule has 0 unspecified atom stereocenters. The van der Waals surface area contributed by atoms with E-state index < -0.39 is 34.2 Å². The third kappa shape index (κ3) is 4.35. The standard InChI is InChI=1S/C16H13F3O4S/c1-24(21,22)13-7-4-6-11(9-13)15(20)23-10-12-5-2-3-8-14(12)16(17,18)19/h2-9H,10H2,1H3. The lowest BCUT2D eigenvalue weighted by Crippen LogP contribution is -2.12. The maximum Gasteiger partial charge on any atom is 0.416 e. The van der Waals surface area contributed by atoms with Crippen LogP contribution >= 0.6 is 0 Å². The van der Waals surface area contributed by atoms with Crippen LogP contribution in [-0.4, -0.2) is 20.6 Å². The first-order chi connectivity index (χ1) is 11.1. The normalized spacial score (nSPS) is 12.0. The summed E-state index contributed by atoms with van der Waals surface area (Å²) in [6.07, 6.45) is -3.57. The highest BCUT2D eigenvalue weighted by molar-refractivity contribution is 7.90. The smallest absolute Gasteiger partial charge is 0.416 e. The summed E-state index contributed by atoms with van der Waals surface area (Å²) in [4.78, 5) is 11.9. The van der Waals surface area contributed by atoms with Gasteiger partial charge in [-0.05, 0) is 24.3 Å². The molecule has 2 rings (SSSR count). The average Bonchev–Trinajstić information content (AvgIpc) is 2.51. The van der Waals surface area contributed by atoms with Crippen LogP contribution in [0, 0.1) is 0 Å². The van der Waals surface area contributed by atoms with Crippen molar-refractivity contribution in [3.63, 3.8) is 0 Å². The van der Waals surface area contributed by atoms with Crippen LogP contribution < -0.4 is 0 Å². The number of carbonyl (C=O) groups is 1. The van der Waals surface area contributed by atoms with Gasteiger partial charge in [0.25, 0.3) is 0 Å². The minimum atomic E-state index is -4.56. The van der Waals surface area contributed by atoms with E-state index in [1.807, 2.05) is 0 Å². The van der Waals surface area contributed by atoms with E-state index in [2.05, 4.69) is 0 Å². The highest BCUT2D eigenvalue weighted by atomic mass is 32.2. The lowest BCUT2D eigenvalue weighted by molar-refractivity contribution is -0.138. The Kier molecular flexibility index (Phi) is 4.98. The van der Waals surface area contributed by atoms with Gasteiger partial charge in [0.1, 0.15) is 6.61 Å². The summed E-state index contributed by atoms with van der Waals surface area (Å²) >= 11 is 0. The molecular formula is C16H13F3O4S. The van der Waals surface area contributed by atoms with Crippen LogP contribution in [0.25, 0.3) is 0 Å². The highest BCUT2D eigenvalue weighted by Crippen LogP contribution is 2.32. The Balaban J connectivity index is 2.18. The zero-order valence-electron chi connectivity index (χ0n) is 12.5. The van der Waals surface area contributed by atoms with Crippen molar-refractivity contribution in [1.82, 2.24) is 0 Å². The molecular weight excluding hydrogens is 345 g/mol. The molecule has 0 atom stereocenters. The predicted octanol–water partition coefficient (Wildman–Crippen LogP) is 3.47. The van der Waals surface area contributed by atoms with Crippen LogP contribution in [-0.2, 0) is 27.4 Å². The third-order valence-electron chi connectivity index (χ3n) is 3.18. The van der Waals surface area contributed by atoms with E-state index in [9.17, 15) is 26.4 Å². The Morgan fingerprint density at radius 2 is 1.75 bits per heavy atom. The minimum absolute atomic E-state index is 0.0533. The third-order valence-corrected chi connectivity index (χ3v) is 4.29. The molecule has 0 amide bonds. The van der Waals surface area contributed by atoms with Crippen molar-refractivity contribution < 1.29 is 31.1 Å².